The van der Waals surface area contributed by atoms with E-state index in [-0.39, 0.29) is 25.1 Å². The summed E-state index contributed by atoms with van der Waals surface area (Å²) in [5.41, 5.74) is -0.751. The van der Waals surface area contributed by atoms with Crippen molar-refractivity contribution in [1.29, 1.82) is 5.26 Å². The van der Waals surface area contributed by atoms with Crippen LogP contribution in [0.4, 0.5) is 8.78 Å². The number of carbonyl (C=O) groups is 1. The normalized spacial score (nSPS) is 10.3. The van der Waals surface area contributed by atoms with Crippen LogP contribution in [0, 0.1) is 11.3 Å². The number of nitrogens with zero attached hydrogens (tertiary/aromatic N) is 3. The molecule has 0 saturated carbocycles. The number of hydrogen-bond acceptors (Lipinski definition) is 4. The predicted octanol–water partition coefficient (Wildman–Crippen LogP) is 1.91. The molecule has 1 heterocycles. The first-order valence-corrected chi connectivity index (χ1v) is 4.99. The van der Waals surface area contributed by atoms with Gasteiger partial charge in [-0.3, -0.25) is 4.68 Å². The summed E-state index contributed by atoms with van der Waals surface area (Å²) in [7, 11) is 0. The number of nitriles is 1. The molecule has 7 heteroatoms. The van der Waals surface area contributed by atoms with Gasteiger partial charge in [-0.05, 0) is 6.92 Å². The first-order valence-electron chi connectivity index (χ1n) is 4.99. The zero-order valence-electron chi connectivity index (χ0n) is 9.19. The molecule has 1 aromatic rings. The SMILES string of the molecule is CCOC(=O)c1cnn(CCC#N)c1C(F)F. The van der Waals surface area contributed by atoms with Crippen molar-refractivity contribution in [1.82, 2.24) is 9.78 Å². The van der Waals surface area contributed by atoms with Crippen molar-refractivity contribution in [3.63, 3.8) is 0 Å². The van der Waals surface area contributed by atoms with Crippen molar-refractivity contribution < 1.29 is 18.3 Å². The molecule has 17 heavy (non-hydrogen) atoms. The molecule has 0 unspecified atom stereocenters. The molecule has 0 aliphatic heterocycles. The number of rotatable bonds is 5. The van der Waals surface area contributed by atoms with E-state index in [0.717, 1.165) is 10.9 Å². The number of carbonyl (C=O) groups excluding carboxylic acids is 1. The van der Waals surface area contributed by atoms with E-state index in [9.17, 15) is 13.6 Å². The van der Waals surface area contributed by atoms with E-state index >= 15 is 0 Å². The van der Waals surface area contributed by atoms with Gasteiger partial charge in [-0.2, -0.15) is 10.4 Å². The van der Waals surface area contributed by atoms with Crippen LogP contribution in [0.1, 0.15) is 35.8 Å². The lowest BCUT2D eigenvalue weighted by Gasteiger charge is -2.06. The van der Waals surface area contributed by atoms with E-state index in [1.165, 1.54) is 0 Å². The van der Waals surface area contributed by atoms with E-state index in [0.29, 0.717) is 0 Å². The summed E-state index contributed by atoms with van der Waals surface area (Å²) in [6.07, 6.45) is -1.75. The van der Waals surface area contributed by atoms with E-state index < -0.39 is 18.1 Å². The number of halogens is 2. The Labute approximate surface area is 96.6 Å². The Morgan fingerprint density at radius 3 is 2.94 bits per heavy atom. The van der Waals surface area contributed by atoms with Crippen molar-refractivity contribution in [2.75, 3.05) is 6.61 Å². The fourth-order valence-electron chi connectivity index (χ4n) is 1.33. The van der Waals surface area contributed by atoms with Crippen LogP contribution in [0.2, 0.25) is 0 Å². The van der Waals surface area contributed by atoms with E-state index in [2.05, 4.69) is 9.84 Å². The highest BCUT2D eigenvalue weighted by molar-refractivity contribution is 5.90. The topological polar surface area (TPSA) is 67.9 Å². The van der Waals surface area contributed by atoms with Crippen LogP contribution >= 0.6 is 0 Å². The molecule has 0 saturated heterocycles. The first-order chi connectivity index (χ1) is 8.11. The van der Waals surface area contributed by atoms with E-state index in [1.807, 2.05) is 6.07 Å². The highest BCUT2D eigenvalue weighted by Gasteiger charge is 2.25. The number of hydrogen-bond donors (Lipinski definition) is 0. The van der Waals surface area contributed by atoms with Crippen molar-refractivity contribution in [3.05, 3.63) is 17.5 Å². The number of aromatic nitrogens is 2. The van der Waals surface area contributed by atoms with Crippen LogP contribution < -0.4 is 0 Å². The zero-order valence-corrected chi connectivity index (χ0v) is 9.19. The van der Waals surface area contributed by atoms with Gasteiger partial charge in [0.25, 0.3) is 6.43 Å². The van der Waals surface area contributed by atoms with E-state index in [4.69, 9.17) is 5.26 Å². The Kier molecular flexibility index (Phi) is 4.57. The number of esters is 1. The second-order valence-corrected chi connectivity index (χ2v) is 3.10. The molecule has 1 aromatic heterocycles. The summed E-state index contributed by atoms with van der Waals surface area (Å²) in [4.78, 5) is 11.4. The quantitative estimate of drug-likeness (QED) is 0.741. The lowest BCUT2D eigenvalue weighted by atomic mass is 10.2. The van der Waals surface area contributed by atoms with Crippen LogP contribution in [0.5, 0.6) is 0 Å². The van der Waals surface area contributed by atoms with Crippen LogP contribution in [0.3, 0.4) is 0 Å². The Hall–Kier alpha value is -1.97. The van der Waals surface area contributed by atoms with Crippen molar-refractivity contribution >= 4 is 5.97 Å². The minimum absolute atomic E-state index is 0.0234. The molecule has 0 aromatic carbocycles. The average Bonchev–Trinajstić information content (AvgIpc) is 2.70. The molecule has 0 aliphatic rings. The lowest BCUT2D eigenvalue weighted by molar-refractivity contribution is 0.0513. The predicted molar refractivity (Wildman–Crippen MR) is 53.4 cm³/mol. The number of ether oxygens (including phenoxy) is 1. The molecule has 0 spiro atoms. The van der Waals surface area contributed by atoms with Gasteiger partial charge in [0, 0.05) is 0 Å². The first kappa shape index (κ1) is 13.1. The molecule has 0 aliphatic carbocycles. The molecular weight excluding hydrogens is 232 g/mol. The van der Waals surface area contributed by atoms with Crippen molar-refractivity contribution in [2.24, 2.45) is 0 Å². The largest absolute Gasteiger partial charge is 0.462 e. The monoisotopic (exact) mass is 243 g/mol. The smallest absolute Gasteiger partial charge is 0.341 e. The van der Waals surface area contributed by atoms with Gasteiger partial charge in [-0.1, -0.05) is 0 Å². The molecule has 0 fully saturated rings. The van der Waals surface area contributed by atoms with Crippen LogP contribution in [-0.4, -0.2) is 22.4 Å². The highest BCUT2D eigenvalue weighted by atomic mass is 19.3. The Morgan fingerprint density at radius 1 is 1.71 bits per heavy atom. The Bertz CT molecular complexity index is 437. The van der Waals surface area contributed by atoms with Gasteiger partial charge in [-0.15, -0.1) is 0 Å². The summed E-state index contributed by atoms with van der Waals surface area (Å²) in [6, 6.07) is 1.82. The Morgan fingerprint density at radius 2 is 2.41 bits per heavy atom. The number of alkyl halides is 2. The molecule has 0 amide bonds. The fraction of sp³-hybridized carbons (Fsp3) is 0.500. The summed E-state index contributed by atoms with van der Waals surface area (Å²) in [5, 5.41) is 12.0. The molecule has 5 nitrogen and oxygen atoms in total. The molecule has 92 valence electrons. The van der Waals surface area contributed by atoms with Gasteiger partial charge >= 0.3 is 5.97 Å². The van der Waals surface area contributed by atoms with E-state index in [1.54, 1.807) is 6.92 Å². The van der Waals surface area contributed by atoms with Gasteiger partial charge in [0.15, 0.2) is 0 Å². The van der Waals surface area contributed by atoms with Crippen molar-refractivity contribution in [3.8, 4) is 6.07 Å². The molecule has 0 bridgehead atoms. The maximum Gasteiger partial charge on any atom is 0.341 e. The second kappa shape index (κ2) is 5.94. The maximum absolute atomic E-state index is 12.8. The van der Waals surface area contributed by atoms with Crippen LogP contribution in [0.15, 0.2) is 6.20 Å². The molecule has 0 N–H and O–H groups in total. The van der Waals surface area contributed by atoms with Gasteiger partial charge in [-0.25, -0.2) is 13.6 Å². The Balaban J connectivity index is 3.02. The molecule has 1 rings (SSSR count). The minimum Gasteiger partial charge on any atom is -0.462 e. The molecule has 0 radical (unpaired) electrons. The standard InChI is InChI=1S/C10H11F2N3O2/c1-2-17-10(16)7-6-14-15(5-3-4-13)8(7)9(11)12/h6,9H,2-3,5H2,1H3. The van der Waals surface area contributed by atoms with Gasteiger partial charge in [0.1, 0.15) is 11.3 Å². The summed E-state index contributed by atoms with van der Waals surface area (Å²) >= 11 is 0. The minimum atomic E-state index is -2.84. The van der Waals surface area contributed by atoms with Crippen LogP contribution in [0.25, 0.3) is 0 Å². The van der Waals surface area contributed by atoms with Gasteiger partial charge < -0.3 is 4.74 Å². The second-order valence-electron chi connectivity index (χ2n) is 3.10. The van der Waals surface area contributed by atoms with Gasteiger partial charge in [0.05, 0.1) is 31.8 Å². The highest BCUT2D eigenvalue weighted by Crippen LogP contribution is 2.23. The van der Waals surface area contributed by atoms with Gasteiger partial charge in [0.2, 0.25) is 0 Å². The molecular formula is C10H11F2N3O2. The summed E-state index contributed by atoms with van der Waals surface area (Å²) in [6.45, 7) is 1.71. The third-order valence-corrected chi connectivity index (χ3v) is 2.02. The molecule has 0 atom stereocenters. The van der Waals surface area contributed by atoms with Crippen molar-refractivity contribution in [2.45, 2.75) is 26.3 Å². The summed E-state index contributed by atoms with van der Waals surface area (Å²) in [5.74, 6) is -0.828. The fourth-order valence-corrected chi connectivity index (χ4v) is 1.33. The lowest BCUT2D eigenvalue weighted by Crippen LogP contribution is -2.11. The zero-order chi connectivity index (χ0) is 12.8. The third-order valence-electron chi connectivity index (χ3n) is 2.02. The summed E-state index contributed by atoms with van der Waals surface area (Å²) < 4.78 is 31.2. The third kappa shape index (κ3) is 3.00. The maximum atomic E-state index is 12.8. The van der Waals surface area contributed by atoms with Crippen LogP contribution in [-0.2, 0) is 11.3 Å². The average molecular weight is 243 g/mol. The number of aryl methyl sites for hydroxylation is 1.